The monoisotopic (exact) mass is 548 g/mol. The minimum Gasteiger partial charge on any atom is -0.462 e. The van der Waals surface area contributed by atoms with Gasteiger partial charge in [-0.15, -0.1) is 0 Å². The number of hydrogen-bond acceptors (Lipinski definition) is 6. The molecule has 224 valence electrons. The van der Waals surface area contributed by atoms with Crippen LogP contribution in [-0.4, -0.2) is 48.6 Å². The molecule has 2 fully saturated rings. The Morgan fingerprint density at radius 2 is 1.15 bits per heavy atom. The average Bonchev–Trinajstić information content (AvgIpc) is 2.97. The van der Waals surface area contributed by atoms with Crippen molar-refractivity contribution in [3.05, 3.63) is 24.3 Å². The van der Waals surface area contributed by atoms with E-state index in [-0.39, 0.29) is 24.4 Å². The van der Waals surface area contributed by atoms with Crippen molar-refractivity contribution in [2.75, 3.05) is 26.4 Å². The molecular formula is C33H56O6. The van der Waals surface area contributed by atoms with Crippen molar-refractivity contribution in [2.45, 2.75) is 117 Å². The standard InChI is InChI=1S/C33H56O6/c1-5-7-8-9-27-10-14-29(15-11-27)30-16-12-28(13-17-30)18-20-33(19-6-2,23-38-31(36)25(3)21-34)24-39-32(37)26(4)22-35/h27-30,34-35H,3-24H2,1-2H3. The molecule has 2 aliphatic carbocycles. The third-order valence-corrected chi connectivity index (χ3v) is 9.51. The Morgan fingerprint density at radius 1 is 0.692 bits per heavy atom. The van der Waals surface area contributed by atoms with Gasteiger partial charge in [0.2, 0.25) is 0 Å². The van der Waals surface area contributed by atoms with Crippen molar-refractivity contribution in [3.8, 4) is 0 Å². The van der Waals surface area contributed by atoms with Crippen LogP contribution in [0.25, 0.3) is 0 Å². The molecule has 0 heterocycles. The zero-order chi connectivity index (χ0) is 28.7. The molecule has 0 unspecified atom stereocenters. The van der Waals surface area contributed by atoms with Gasteiger partial charge in [0.15, 0.2) is 0 Å². The molecule has 0 radical (unpaired) electrons. The Morgan fingerprint density at radius 3 is 1.56 bits per heavy atom. The lowest BCUT2D eigenvalue weighted by atomic mass is 9.67. The zero-order valence-electron chi connectivity index (χ0n) is 24.9. The van der Waals surface area contributed by atoms with Gasteiger partial charge in [-0.25, -0.2) is 9.59 Å². The number of ether oxygens (including phenoxy) is 2. The van der Waals surface area contributed by atoms with Gasteiger partial charge in [-0.3, -0.25) is 0 Å². The highest BCUT2D eigenvalue weighted by Gasteiger charge is 2.36. The Labute approximate surface area is 237 Å². The van der Waals surface area contributed by atoms with E-state index in [4.69, 9.17) is 9.47 Å². The van der Waals surface area contributed by atoms with Gasteiger partial charge in [0.05, 0.1) is 24.4 Å². The van der Waals surface area contributed by atoms with E-state index in [9.17, 15) is 19.8 Å². The smallest absolute Gasteiger partial charge is 0.335 e. The largest absolute Gasteiger partial charge is 0.462 e. The Bertz CT molecular complexity index is 726. The van der Waals surface area contributed by atoms with Crippen molar-refractivity contribution in [2.24, 2.45) is 29.1 Å². The summed E-state index contributed by atoms with van der Waals surface area (Å²) in [6, 6.07) is 0. The summed E-state index contributed by atoms with van der Waals surface area (Å²) >= 11 is 0. The molecule has 2 aliphatic rings. The SMILES string of the molecule is C=C(CO)C(=O)OCC(CCC)(CCC1CCC(C2CCC(CCCCC)CC2)CC1)COC(=O)C(=C)CO. The van der Waals surface area contributed by atoms with Crippen LogP contribution in [0.2, 0.25) is 0 Å². The second kappa shape index (κ2) is 17.9. The normalized spacial score (nSPS) is 23.7. The van der Waals surface area contributed by atoms with Gasteiger partial charge in [-0.2, -0.15) is 0 Å². The summed E-state index contributed by atoms with van der Waals surface area (Å²) in [5.74, 6) is 2.13. The fourth-order valence-electron chi connectivity index (χ4n) is 6.85. The minimum absolute atomic E-state index is 0.0133. The van der Waals surface area contributed by atoms with Gasteiger partial charge in [0.25, 0.3) is 0 Å². The molecule has 0 amide bonds. The van der Waals surface area contributed by atoms with Crippen LogP contribution in [0.4, 0.5) is 0 Å². The third kappa shape index (κ3) is 11.4. The van der Waals surface area contributed by atoms with Crippen LogP contribution >= 0.6 is 0 Å². The highest BCUT2D eigenvalue weighted by Crippen LogP contribution is 2.44. The van der Waals surface area contributed by atoms with E-state index in [1.54, 1.807) is 0 Å². The maximum Gasteiger partial charge on any atom is 0.335 e. The summed E-state index contributed by atoms with van der Waals surface area (Å²) in [4.78, 5) is 24.5. The molecular weight excluding hydrogens is 492 g/mol. The van der Waals surface area contributed by atoms with Crippen LogP contribution in [0.1, 0.15) is 117 Å². The van der Waals surface area contributed by atoms with Gasteiger partial charge < -0.3 is 19.7 Å². The number of hydrogen-bond donors (Lipinski definition) is 2. The molecule has 2 saturated carbocycles. The molecule has 0 bridgehead atoms. The summed E-state index contributed by atoms with van der Waals surface area (Å²) in [5.41, 5.74) is -0.489. The maximum absolute atomic E-state index is 12.3. The topological polar surface area (TPSA) is 93.1 Å². The maximum atomic E-state index is 12.3. The van der Waals surface area contributed by atoms with Gasteiger partial charge in [-0.05, 0) is 68.6 Å². The van der Waals surface area contributed by atoms with Crippen molar-refractivity contribution in [1.82, 2.24) is 0 Å². The van der Waals surface area contributed by atoms with Crippen LogP contribution in [0.15, 0.2) is 24.3 Å². The highest BCUT2D eigenvalue weighted by molar-refractivity contribution is 5.88. The molecule has 39 heavy (non-hydrogen) atoms. The van der Waals surface area contributed by atoms with Gasteiger partial charge in [-0.1, -0.05) is 84.8 Å². The fourth-order valence-corrected chi connectivity index (χ4v) is 6.85. The van der Waals surface area contributed by atoms with Gasteiger partial charge >= 0.3 is 11.9 Å². The molecule has 0 aromatic rings. The lowest BCUT2D eigenvalue weighted by molar-refractivity contribution is -0.151. The molecule has 6 nitrogen and oxygen atoms in total. The summed E-state index contributed by atoms with van der Waals surface area (Å²) in [7, 11) is 0. The van der Waals surface area contributed by atoms with E-state index in [1.165, 1.54) is 77.0 Å². The highest BCUT2D eigenvalue weighted by atomic mass is 16.5. The second-order valence-electron chi connectivity index (χ2n) is 12.5. The molecule has 0 saturated heterocycles. The molecule has 0 aromatic carbocycles. The first-order valence-electron chi connectivity index (χ1n) is 15.7. The quantitative estimate of drug-likeness (QED) is 0.110. The predicted molar refractivity (Wildman–Crippen MR) is 156 cm³/mol. The van der Waals surface area contributed by atoms with E-state index in [2.05, 4.69) is 27.0 Å². The fraction of sp³-hybridized carbons (Fsp3) is 0.818. The van der Waals surface area contributed by atoms with E-state index < -0.39 is 30.6 Å². The number of carbonyl (C=O) groups excluding carboxylic acids is 2. The first-order chi connectivity index (χ1) is 18.8. The molecule has 0 aliphatic heterocycles. The van der Waals surface area contributed by atoms with Crippen molar-refractivity contribution in [1.29, 1.82) is 0 Å². The van der Waals surface area contributed by atoms with E-state index in [0.717, 1.165) is 43.4 Å². The first kappa shape index (κ1) is 33.5. The first-order valence-corrected chi connectivity index (χ1v) is 15.7. The zero-order valence-corrected chi connectivity index (χ0v) is 24.9. The van der Waals surface area contributed by atoms with Crippen LogP contribution in [-0.2, 0) is 19.1 Å². The summed E-state index contributed by atoms with van der Waals surface area (Å²) in [5, 5.41) is 18.5. The molecule has 0 spiro atoms. The van der Waals surface area contributed by atoms with Crippen LogP contribution in [0, 0.1) is 29.1 Å². The minimum atomic E-state index is -0.621. The van der Waals surface area contributed by atoms with Crippen molar-refractivity contribution in [3.63, 3.8) is 0 Å². The van der Waals surface area contributed by atoms with Gasteiger partial charge in [0.1, 0.15) is 13.2 Å². The molecule has 0 atom stereocenters. The van der Waals surface area contributed by atoms with E-state index in [0.29, 0.717) is 5.92 Å². The number of unbranched alkanes of at least 4 members (excludes halogenated alkanes) is 2. The molecule has 0 aromatic heterocycles. The third-order valence-electron chi connectivity index (χ3n) is 9.51. The van der Waals surface area contributed by atoms with Gasteiger partial charge in [0, 0.05) is 5.41 Å². The van der Waals surface area contributed by atoms with E-state index in [1.807, 2.05) is 0 Å². The number of aliphatic hydroxyl groups excluding tert-OH is 2. The lowest BCUT2D eigenvalue weighted by Gasteiger charge is -2.39. The van der Waals surface area contributed by atoms with Crippen LogP contribution in [0.3, 0.4) is 0 Å². The predicted octanol–water partition coefficient (Wildman–Crippen LogP) is 6.93. The second-order valence-corrected chi connectivity index (χ2v) is 12.5. The summed E-state index contributed by atoms with van der Waals surface area (Å²) in [6.07, 6.45) is 19.7. The van der Waals surface area contributed by atoms with Crippen LogP contribution < -0.4 is 0 Å². The Kier molecular flexibility index (Phi) is 15.4. The molecule has 6 heteroatoms. The summed E-state index contributed by atoms with van der Waals surface area (Å²) < 4.78 is 11.1. The number of carbonyl (C=O) groups is 2. The molecule has 2 rings (SSSR count). The Balaban J connectivity index is 1.90. The number of rotatable bonds is 18. The average molecular weight is 549 g/mol. The van der Waals surface area contributed by atoms with Crippen LogP contribution in [0.5, 0.6) is 0 Å². The number of esters is 2. The number of aliphatic hydroxyl groups is 2. The van der Waals surface area contributed by atoms with Crippen molar-refractivity contribution >= 4 is 11.9 Å². The van der Waals surface area contributed by atoms with Crippen molar-refractivity contribution < 1.29 is 29.3 Å². The lowest BCUT2D eigenvalue weighted by Crippen LogP contribution is -2.36. The molecule has 2 N–H and O–H groups in total. The van der Waals surface area contributed by atoms with E-state index >= 15 is 0 Å². The Hall–Kier alpha value is -1.66. The summed E-state index contributed by atoms with van der Waals surface area (Å²) in [6.45, 7) is 10.8.